The average molecular weight is 317 g/mol. The van der Waals surface area contributed by atoms with Crippen LogP contribution >= 0.6 is 0 Å². The molecule has 126 valence electrons. The first kappa shape index (κ1) is 16.4. The van der Waals surface area contributed by atoms with Gasteiger partial charge in [0.2, 0.25) is 5.91 Å². The largest absolute Gasteiger partial charge is 0.379 e. The number of likely N-dealkylation sites (tertiary alicyclic amines) is 1. The second kappa shape index (κ2) is 7.43. The molecule has 3 unspecified atom stereocenters. The molecular weight excluding hydrogens is 290 g/mol. The minimum atomic E-state index is -0.221. The minimum Gasteiger partial charge on any atom is -0.379 e. The molecule has 2 heterocycles. The van der Waals surface area contributed by atoms with Crippen molar-refractivity contribution in [3.63, 3.8) is 0 Å². The van der Waals surface area contributed by atoms with Gasteiger partial charge in [0.05, 0.1) is 13.2 Å². The number of hydrogen-bond donors (Lipinski definition) is 1. The van der Waals surface area contributed by atoms with Gasteiger partial charge in [-0.15, -0.1) is 0 Å². The van der Waals surface area contributed by atoms with E-state index < -0.39 is 0 Å². The molecule has 0 aromatic heterocycles. The lowest BCUT2D eigenvalue weighted by molar-refractivity contribution is -0.130. The Balaban J connectivity index is 1.56. The van der Waals surface area contributed by atoms with Gasteiger partial charge in [-0.2, -0.15) is 0 Å². The Bertz CT molecular complexity index is 516. The maximum Gasteiger partial charge on any atom is 0.224 e. The molecular formula is C18H27N3O2. The molecule has 1 amide bonds. The van der Waals surface area contributed by atoms with Crippen LogP contribution in [-0.2, 0) is 9.53 Å². The van der Waals surface area contributed by atoms with Crippen molar-refractivity contribution < 1.29 is 9.53 Å². The topological polar surface area (TPSA) is 58.8 Å². The molecule has 0 aliphatic carbocycles. The zero-order valence-corrected chi connectivity index (χ0v) is 13.9. The molecule has 5 heteroatoms. The molecule has 0 bridgehead atoms. The lowest BCUT2D eigenvalue weighted by Crippen LogP contribution is -2.47. The Morgan fingerprint density at radius 2 is 1.96 bits per heavy atom. The van der Waals surface area contributed by atoms with Crippen molar-refractivity contribution in [3.8, 4) is 0 Å². The zero-order valence-electron chi connectivity index (χ0n) is 13.9. The average Bonchev–Trinajstić information content (AvgIpc) is 2.98. The molecule has 2 saturated heterocycles. The molecule has 0 radical (unpaired) electrons. The van der Waals surface area contributed by atoms with Gasteiger partial charge in [0, 0.05) is 44.7 Å². The van der Waals surface area contributed by atoms with E-state index in [1.165, 1.54) is 0 Å². The summed E-state index contributed by atoms with van der Waals surface area (Å²) in [4.78, 5) is 17.1. The normalized spacial score (nSPS) is 27.1. The van der Waals surface area contributed by atoms with E-state index in [0.717, 1.165) is 45.0 Å². The van der Waals surface area contributed by atoms with Crippen LogP contribution in [0.1, 0.15) is 24.9 Å². The molecule has 3 rings (SSSR count). The van der Waals surface area contributed by atoms with Crippen molar-refractivity contribution in [3.05, 3.63) is 35.9 Å². The summed E-state index contributed by atoms with van der Waals surface area (Å²) >= 11 is 0. The first-order chi connectivity index (χ1) is 11.1. The summed E-state index contributed by atoms with van der Waals surface area (Å²) in [6.45, 7) is 7.45. The highest BCUT2D eigenvalue weighted by molar-refractivity contribution is 5.77. The Kier molecular flexibility index (Phi) is 5.30. The zero-order chi connectivity index (χ0) is 16.2. The summed E-state index contributed by atoms with van der Waals surface area (Å²) in [5, 5.41) is 0. The molecule has 2 aliphatic heterocycles. The van der Waals surface area contributed by atoms with Crippen LogP contribution < -0.4 is 5.73 Å². The summed E-state index contributed by atoms with van der Waals surface area (Å²) in [7, 11) is 0. The molecule has 2 aliphatic rings. The minimum absolute atomic E-state index is 0.170. The van der Waals surface area contributed by atoms with Crippen LogP contribution in [0, 0.1) is 5.92 Å². The maximum atomic E-state index is 12.6. The number of nitrogens with two attached hydrogens (primary N) is 1. The highest BCUT2D eigenvalue weighted by atomic mass is 16.5. The number of nitrogens with zero attached hydrogens (tertiary/aromatic N) is 2. The summed E-state index contributed by atoms with van der Waals surface area (Å²) in [6, 6.07) is 10.1. The van der Waals surface area contributed by atoms with E-state index in [-0.39, 0.29) is 11.9 Å². The lowest BCUT2D eigenvalue weighted by atomic mass is 10.0. The third-order valence-corrected chi connectivity index (χ3v) is 5.06. The number of morpholine rings is 1. The van der Waals surface area contributed by atoms with Crippen molar-refractivity contribution in [2.75, 3.05) is 39.4 Å². The van der Waals surface area contributed by atoms with Gasteiger partial charge < -0.3 is 15.4 Å². The SMILES string of the molecule is CC1CN(C(=O)CC(N)c2ccccc2)CC1N1CCOCC1. The number of amides is 1. The number of hydrogen-bond acceptors (Lipinski definition) is 4. The van der Waals surface area contributed by atoms with E-state index in [4.69, 9.17) is 10.5 Å². The van der Waals surface area contributed by atoms with Crippen LogP contribution in [0.25, 0.3) is 0 Å². The third-order valence-electron chi connectivity index (χ3n) is 5.06. The van der Waals surface area contributed by atoms with Gasteiger partial charge in [0.1, 0.15) is 0 Å². The molecule has 5 nitrogen and oxygen atoms in total. The van der Waals surface area contributed by atoms with Crippen molar-refractivity contribution >= 4 is 5.91 Å². The highest BCUT2D eigenvalue weighted by Crippen LogP contribution is 2.24. The van der Waals surface area contributed by atoms with Crippen LogP contribution in [0.5, 0.6) is 0 Å². The van der Waals surface area contributed by atoms with Gasteiger partial charge in [0.25, 0.3) is 0 Å². The Hall–Kier alpha value is -1.43. The number of carbonyl (C=O) groups is 1. The van der Waals surface area contributed by atoms with E-state index in [1.54, 1.807) is 0 Å². The Labute approximate surface area is 138 Å². The summed E-state index contributed by atoms with van der Waals surface area (Å²) in [5.41, 5.74) is 7.23. The number of benzene rings is 1. The van der Waals surface area contributed by atoms with Gasteiger partial charge in [-0.1, -0.05) is 37.3 Å². The second-order valence-corrected chi connectivity index (χ2v) is 6.71. The van der Waals surface area contributed by atoms with Gasteiger partial charge in [-0.25, -0.2) is 0 Å². The summed E-state index contributed by atoms with van der Waals surface area (Å²) < 4.78 is 5.43. The molecule has 1 aromatic carbocycles. The van der Waals surface area contributed by atoms with Gasteiger partial charge in [0.15, 0.2) is 0 Å². The van der Waals surface area contributed by atoms with Gasteiger partial charge in [-0.3, -0.25) is 9.69 Å². The molecule has 23 heavy (non-hydrogen) atoms. The predicted molar refractivity (Wildman–Crippen MR) is 89.9 cm³/mol. The fraction of sp³-hybridized carbons (Fsp3) is 0.611. The Morgan fingerprint density at radius 1 is 1.26 bits per heavy atom. The molecule has 0 saturated carbocycles. The quantitative estimate of drug-likeness (QED) is 0.908. The highest BCUT2D eigenvalue weighted by Gasteiger charge is 2.36. The molecule has 2 N–H and O–H groups in total. The molecule has 3 atom stereocenters. The van der Waals surface area contributed by atoms with E-state index >= 15 is 0 Å². The van der Waals surface area contributed by atoms with Crippen LogP contribution in [0.4, 0.5) is 0 Å². The fourth-order valence-corrected chi connectivity index (χ4v) is 3.67. The molecule has 0 spiro atoms. The number of carbonyl (C=O) groups excluding carboxylic acids is 1. The lowest BCUT2D eigenvalue weighted by Gasteiger charge is -2.34. The van der Waals surface area contributed by atoms with E-state index in [0.29, 0.717) is 18.4 Å². The van der Waals surface area contributed by atoms with Crippen molar-refractivity contribution in [1.82, 2.24) is 9.80 Å². The summed E-state index contributed by atoms with van der Waals surface area (Å²) in [5.74, 6) is 0.675. The standard InChI is InChI=1S/C18H27N3O2/c1-14-12-21(13-17(14)20-7-9-23-10-8-20)18(22)11-16(19)15-5-3-2-4-6-15/h2-6,14,16-17H,7-13,19H2,1H3. The van der Waals surface area contributed by atoms with Crippen LogP contribution in [-0.4, -0.2) is 61.1 Å². The second-order valence-electron chi connectivity index (χ2n) is 6.71. The van der Waals surface area contributed by atoms with Crippen LogP contribution in [0.2, 0.25) is 0 Å². The first-order valence-electron chi connectivity index (χ1n) is 8.55. The number of rotatable bonds is 4. The van der Waals surface area contributed by atoms with Crippen molar-refractivity contribution in [2.45, 2.75) is 25.4 Å². The van der Waals surface area contributed by atoms with Gasteiger partial charge >= 0.3 is 0 Å². The first-order valence-corrected chi connectivity index (χ1v) is 8.55. The smallest absolute Gasteiger partial charge is 0.224 e. The predicted octanol–water partition coefficient (Wildman–Crippen LogP) is 1.26. The Morgan fingerprint density at radius 3 is 2.65 bits per heavy atom. The van der Waals surface area contributed by atoms with Crippen LogP contribution in [0.3, 0.4) is 0 Å². The van der Waals surface area contributed by atoms with Crippen molar-refractivity contribution in [2.24, 2.45) is 11.7 Å². The van der Waals surface area contributed by atoms with E-state index in [9.17, 15) is 4.79 Å². The van der Waals surface area contributed by atoms with E-state index in [1.807, 2.05) is 35.2 Å². The number of ether oxygens (including phenoxy) is 1. The maximum absolute atomic E-state index is 12.6. The van der Waals surface area contributed by atoms with E-state index in [2.05, 4.69) is 11.8 Å². The molecule has 2 fully saturated rings. The third kappa shape index (κ3) is 3.91. The fourth-order valence-electron chi connectivity index (χ4n) is 3.67. The van der Waals surface area contributed by atoms with Crippen molar-refractivity contribution in [1.29, 1.82) is 0 Å². The van der Waals surface area contributed by atoms with Gasteiger partial charge in [-0.05, 0) is 11.5 Å². The monoisotopic (exact) mass is 317 g/mol. The summed E-state index contributed by atoms with van der Waals surface area (Å²) in [6.07, 6.45) is 0.382. The molecule has 1 aromatic rings. The van der Waals surface area contributed by atoms with Crippen LogP contribution in [0.15, 0.2) is 30.3 Å².